The third kappa shape index (κ3) is 2.81. The number of carbonyl (C=O) groups is 1. The largest absolute Gasteiger partial charge is 0.465 e. The Morgan fingerprint density at radius 1 is 1.64 bits per heavy atom. The molecular formula is C8H12O5S. The van der Waals surface area contributed by atoms with Crippen LogP contribution in [0.2, 0.25) is 0 Å². The van der Waals surface area contributed by atoms with Crippen LogP contribution in [-0.2, 0) is 23.8 Å². The summed E-state index contributed by atoms with van der Waals surface area (Å²) >= 11 is 0. The van der Waals surface area contributed by atoms with Gasteiger partial charge in [-0.1, -0.05) is 6.58 Å². The van der Waals surface area contributed by atoms with Crippen molar-refractivity contribution >= 4 is 16.1 Å². The fourth-order valence-electron chi connectivity index (χ4n) is 1.21. The van der Waals surface area contributed by atoms with Crippen LogP contribution in [-0.4, -0.2) is 26.6 Å². The van der Waals surface area contributed by atoms with Crippen molar-refractivity contribution in [2.24, 2.45) is 0 Å². The molecule has 0 amide bonds. The number of cyclic esters (lactones) is 1. The lowest BCUT2D eigenvalue weighted by Gasteiger charge is -2.30. The Morgan fingerprint density at radius 3 is 2.79 bits per heavy atom. The first kappa shape index (κ1) is 11.2. The maximum Gasteiger partial charge on any atom is 0.308 e. The molecule has 0 bridgehead atoms. The Bertz CT molecular complexity index is 345. The van der Waals surface area contributed by atoms with Crippen LogP contribution in [0.1, 0.15) is 19.8 Å². The van der Waals surface area contributed by atoms with E-state index in [1.165, 1.54) is 0 Å². The molecule has 1 aliphatic rings. The van der Waals surface area contributed by atoms with Crippen LogP contribution in [0.3, 0.4) is 0 Å². The van der Waals surface area contributed by atoms with Crippen LogP contribution in [0, 0.1) is 0 Å². The van der Waals surface area contributed by atoms with Gasteiger partial charge in [0, 0.05) is 6.42 Å². The van der Waals surface area contributed by atoms with Crippen molar-refractivity contribution in [1.82, 2.24) is 0 Å². The molecule has 1 aliphatic heterocycles. The Balaban J connectivity index is 2.75. The van der Waals surface area contributed by atoms with Gasteiger partial charge in [0.1, 0.15) is 0 Å². The summed E-state index contributed by atoms with van der Waals surface area (Å²) in [4.78, 5) is 10.9. The number of hydrogen-bond acceptors (Lipinski definition) is 5. The number of carbonyl (C=O) groups excluding carboxylic acids is 1. The second-order valence-electron chi connectivity index (χ2n) is 3.34. The highest BCUT2D eigenvalue weighted by atomic mass is 32.2. The first-order valence-electron chi connectivity index (χ1n) is 4.11. The minimum atomic E-state index is -3.74. The third-order valence-corrected chi connectivity index (χ3v) is 2.98. The summed E-state index contributed by atoms with van der Waals surface area (Å²) in [5.41, 5.74) is -0.998. The van der Waals surface area contributed by atoms with Gasteiger partial charge < -0.3 is 4.74 Å². The van der Waals surface area contributed by atoms with E-state index >= 15 is 0 Å². The van der Waals surface area contributed by atoms with E-state index in [1.54, 1.807) is 6.92 Å². The highest BCUT2D eigenvalue weighted by Gasteiger charge is 2.37. The summed E-state index contributed by atoms with van der Waals surface area (Å²) in [6.07, 6.45) is 0.311. The fraction of sp³-hybridized carbons (Fsp3) is 0.625. The molecule has 0 saturated carbocycles. The van der Waals surface area contributed by atoms with Gasteiger partial charge in [-0.15, -0.1) is 0 Å². The Labute approximate surface area is 82.8 Å². The fourth-order valence-corrected chi connectivity index (χ4v) is 1.98. The SMILES string of the molecule is C=CS(=O)(=O)OC1(C)CCOC(=O)C1. The van der Waals surface area contributed by atoms with Crippen molar-refractivity contribution in [2.75, 3.05) is 6.61 Å². The lowest BCUT2D eigenvalue weighted by atomic mass is 9.97. The van der Waals surface area contributed by atoms with Crippen LogP contribution in [0.5, 0.6) is 0 Å². The molecular weight excluding hydrogens is 208 g/mol. The molecule has 1 unspecified atom stereocenters. The van der Waals surface area contributed by atoms with Crippen molar-refractivity contribution in [1.29, 1.82) is 0 Å². The van der Waals surface area contributed by atoms with E-state index in [0.29, 0.717) is 6.42 Å². The molecule has 0 aromatic carbocycles. The zero-order valence-corrected chi connectivity index (χ0v) is 8.67. The standard InChI is InChI=1S/C8H12O5S/c1-3-14(10,11)13-8(2)4-5-12-7(9)6-8/h3H,1,4-6H2,2H3. The summed E-state index contributed by atoms with van der Waals surface area (Å²) in [6, 6.07) is 0. The maximum atomic E-state index is 11.1. The summed E-state index contributed by atoms with van der Waals surface area (Å²) in [5, 5.41) is 0.720. The Kier molecular flexibility index (Phi) is 2.96. The van der Waals surface area contributed by atoms with Crippen LogP contribution in [0.25, 0.3) is 0 Å². The van der Waals surface area contributed by atoms with E-state index in [9.17, 15) is 13.2 Å². The highest BCUT2D eigenvalue weighted by Crippen LogP contribution is 2.27. The molecule has 1 fully saturated rings. The van der Waals surface area contributed by atoms with Crippen molar-refractivity contribution in [3.8, 4) is 0 Å². The lowest BCUT2D eigenvalue weighted by molar-refractivity contribution is -0.155. The van der Waals surface area contributed by atoms with Gasteiger partial charge in [-0.05, 0) is 6.92 Å². The molecule has 0 N–H and O–H groups in total. The van der Waals surface area contributed by atoms with Gasteiger partial charge in [0.25, 0.3) is 10.1 Å². The first-order valence-corrected chi connectivity index (χ1v) is 5.58. The molecule has 0 aliphatic carbocycles. The van der Waals surface area contributed by atoms with Crippen LogP contribution < -0.4 is 0 Å². The molecule has 5 nitrogen and oxygen atoms in total. The highest BCUT2D eigenvalue weighted by molar-refractivity contribution is 7.89. The molecule has 1 rings (SSSR count). The number of esters is 1. The van der Waals surface area contributed by atoms with E-state index in [0.717, 1.165) is 5.41 Å². The average molecular weight is 220 g/mol. The second-order valence-corrected chi connectivity index (χ2v) is 4.83. The van der Waals surface area contributed by atoms with Gasteiger partial charge in [0.05, 0.1) is 24.0 Å². The van der Waals surface area contributed by atoms with Crippen molar-refractivity contribution in [3.05, 3.63) is 12.0 Å². The number of ether oxygens (including phenoxy) is 1. The first-order chi connectivity index (χ1) is 6.37. The molecule has 0 aromatic heterocycles. The number of hydrogen-bond donors (Lipinski definition) is 0. The van der Waals surface area contributed by atoms with E-state index < -0.39 is 21.7 Å². The van der Waals surface area contributed by atoms with E-state index in [2.05, 4.69) is 11.3 Å². The Morgan fingerprint density at radius 2 is 2.29 bits per heavy atom. The van der Waals surface area contributed by atoms with E-state index in [4.69, 9.17) is 4.18 Å². The third-order valence-electron chi connectivity index (χ3n) is 1.93. The topological polar surface area (TPSA) is 69.7 Å². The average Bonchev–Trinajstić information content (AvgIpc) is 2.01. The van der Waals surface area contributed by atoms with Gasteiger partial charge in [0.2, 0.25) is 0 Å². The molecule has 6 heteroatoms. The quantitative estimate of drug-likeness (QED) is 0.513. The summed E-state index contributed by atoms with van der Waals surface area (Å²) in [6.45, 7) is 4.87. The molecule has 0 aromatic rings. The predicted molar refractivity (Wildman–Crippen MR) is 48.8 cm³/mol. The summed E-state index contributed by atoms with van der Waals surface area (Å²) < 4.78 is 31.7. The minimum absolute atomic E-state index is 0.0555. The number of rotatable bonds is 3. The zero-order valence-electron chi connectivity index (χ0n) is 7.86. The Hall–Kier alpha value is -0.880. The van der Waals surface area contributed by atoms with Gasteiger partial charge in [-0.3, -0.25) is 8.98 Å². The minimum Gasteiger partial charge on any atom is -0.465 e. The lowest BCUT2D eigenvalue weighted by Crippen LogP contribution is -2.39. The van der Waals surface area contributed by atoms with E-state index in [1.807, 2.05) is 0 Å². The molecule has 1 heterocycles. The smallest absolute Gasteiger partial charge is 0.308 e. The molecule has 0 spiro atoms. The van der Waals surface area contributed by atoms with Gasteiger partial charge >= 0.3 is 5.97 Å². The van der Waals surface area contributed by atoms with Crippen molar-refractivity contribution in [2.45, 2.75) is 25.4 Å². The second kappa shape index (κ2) is 3.70. The molecule has 80 valence electrons. The maximum absolute atomic E-state index is 11.1. The summed E-state index contributed by atoms with van der Waals surface area (Å²) in [5.74, 6) is -0.446. The monoisotopic (exact) mass is 220 g/mol. The van der Waals surface area contributed by atoms with Crippen LogP contribution in [0.4, 0.5) is 0 Å². The summed E-state index contributed by atoms with van der Waals surface area (Å²) in [7, 11) is -3.74. The van der Waals surface area contributed by atoms with Crippen LogP contribution in [0.15, 0.2) is 12.0 Å². The zero-order chi connectivity index (χ0) is 10.8. The van der Waals surface area contributed by atoms with Crippen molar-refractivity contribution in [3.63, 3.8) is 0 Å². The molecule has 1 saturated heterocycles. The van der Waals surface area contributed by atoms with Gasteiger partial charge in [-0.2, -0.15) is 8.42 Å². The molecule has 1 atom stereocenters. The van der Waals surface area contributed by atoms with Gasteiger partial charge in [0.15, 0.2) is 0 Å². The normalized spacial score (nSPS) is 28.2. The molecule has 14 heavy (non-hydrogen) atoms. The van der Waals surface area contributed by atoms with Crippen LogP contribution >= 0.6 is 0 Å². The molecule has 0 radical (unpaired) electrons. The van der Waals surface area contributed by atoms with Gasteiger partial charge in [-0.25, -0.2) is 0 Å². The van der Waals surface area contributed by atoms with Crippen molar-refractivity contribution < 1.29 is 22.1 Å². The van der Waals surface area contributed by atoms with E-state index in [-0.39, 0.29) is 13.0 Å². The predicted octanol–water partition coefficient (Wildman–Crippen LogP) is 0.572.